The molecule has 2 rings (SSSR count). The van der Waals surface area contributed by atoms with Gasteiger partial charge in [-0.1, -0.05) is 18.2 Å². The summed E-state index contributed by atoms with van der Waals surface area (Å²) < 4.78 is 0. The molecule has 20 heavy (non-hydrogen) atoms. The SMILES string of the molecule is NC(N)=Nc1c([N+](=O)[O-])cc([N+](=O)[O-])c2ccccc12. The van der Waals surface area contributed by atoms with E-state index < -0.39 is 15.5 Å². The average Bonchev–Trinajstić information content (AvgIpc) is 2.37. The van der Waals surface area contributed by atoms with Crippen molar-refractivity contribution in [3.05, 3.63) is 50.6 Å². The van der Waals surface area contributed by atoms with Gasteiger partial charge in [-0.15, -0.1) is 0 Å². The molecule has 2 aromatic rings. The molecule has 0 aliphatic carbocycles. The second kappa shape index (κ2) is 4.80. The van der Waals surface area contributed by atoms with Crippen molar-refractivity contribution < 1.29 is 9.85 Å². The zero-order valence-corrected chi connectivity index (χ0v) is 10.0. The van der Waals surface area contributed by atoms with Crippen molar-refractivity contribution in [1.29, 1.82) is 0 Å². The lowest BCUT2D eigenvalue weighted by Crippen LogP contribution is -2.22. The van der Waals surface area contributed by atoms with Gasteiger partial charge in [0.1, 0.15) is 0 Å². The van der Waals surface area contributed by atoms with Gasteiger partial charge < -0.3 is 11.5 Å². The number of rotatable bonds is 3. The van der Waals surface area contributed by atoms with E-state index in [9.17, 15) is 20.2 Å². The summed E-state index contributed by atoms with van der Waals surface area (Å²) in [7, 11) is 0. The molecule has 0 saturated carbocycles. The van der Waals surface area contributed by atoms with E-state index in [2.05, 4.69) is 4.99 Å². The summed E-state index contributed by atoms with van der Waals surface area (Å²) in [5.74, 6) is -0.368. The lowest BCUT2D eigenvalue weighted by molar-refractivity contribution is -0.392. The van der Waals surface area contributed by atoms with E-state index in [0.717, 1.165) is 6.07 Å². The van der Waals surface area contributed by atoms with Gasteiger partial charge in [0.15, 0.2) is 11.6 Å². The predicted molar refractivity (Wildman–Crippen MR) is 72.7 cm³/mol. The number of nitrogens with zero attached hydrogens (tertiary/aromatic N) is 3. The van der Waals surface area contributed by atoms with E-state index >= 15 is 0 Å². The van der Waals surface area contributed by atoms with Crippen LogP contribution in [0.4, 0.5) is 17.1 Å². The largest absolute Gasteiger partial charge is 0.370 e. The molecular weight excluding hydrogens is 266 g/mol. The van der Waals surface area contributed by atoms with Gasteiger partial charge in [0.05, 0.1) is 21.3 Å². The summed E-state index contributed by atoms with van der Waals surface area (Å²) in [4.78, 5) is 24.3. The standard InChI is InChI=1S/C11H9N5O4/c12-11(13)14-10-7-4-2-1-3-6(7)8(15(17)18)5-9(10)16(19)20/h1-5H,(H4,12,13,14). The second-order valence-corrected chi connectivity index (χ2v) is 3.86. The van der Waals surface area contributed by atoms with Crippen molar-refractivity contribution in [2.24, 2.45) is 16.5 Å². The zero-order chi connectivity index (χ0) is 14.9. The molecule has 0 spiro atoms. The van der Waals surface area contributed by atoms with Crippen LogP contribution in [0.5, 0.6) is 0 Å². The molecule has 0 aliphatic rings. The number of hydrogen-bond acceptors (Lipinski definition) is 5. The summed E-state index contributed by atoms with van der Waals surface area (Å²) in [6, 6.07) is 6.98. The fraction of sp³-hybridized carbons (Fsp3) is 0. The Hall–Kier alpha value is -3.23. The Kier molecular flexibility index (Phi) is 3.17. The third-order valence-electron chi connectivity index (χ3n) is 2.61. The van der Waals surface area contributed by atoms with Crippen LogP contribution in [-0.2, 0) is 0 Å². The van der Waals surface area contributed by atoms with Crippen LogP contribution in [0.3, 0.4) is 0 Å². The number of nitrogens with two attached hydrogens (primary N) is 2. The molecule has 0 unspecified atom stereocenters. The highest BCUT2D eigenvalue weighted by Gasteiger charge is 2.25. The van der Waals surface area contributed by atoms with E-state index in [1.165, 1.54) is 12.1 Å². The van der Waals surface area contributed by atoms with Crippen molar-refractivity contribution in [3.8, 4) is 0 Å². The van der Waals surface area contributed by atoms with E-state index in [0.29, 0.717) is 0 Å². The minimum Gasteiger partial charge on any atom is -0.370 e. The van der Waals surface area contributed by atoms with Crippen LogP contribution in [-0.4, -0.2) is 15.8 Å². The van der Waals surface area contributed by atoms with E-state index in [1.54, 1.807) is 12.1 Å². The molecule has 0 bridgehead atoms. The average molecular weight is 275 g/mol. The Morgan fingerprint density at radius 3 is 2.05 bits per heavy atom. The Labute approximate surface area is 111 Å². The molecule has 0 heterocycles. The topological polar surface area (TPSA) is 151 Å². The van der Waals surface area contributed by atoms with Crippen molar-refractivity contribution in [1.82, 2.24) is 0 Å². The molecule has 0 amide bonds. The first kappa shape index (κ1) is 13.2. The maximum absolute atomic E-state index is 11.1. The first-order chi connectivity index (χ1) is 9.41. The number of hydrogen-bond donors (Lipinski definition) is 2. The van der Waals surface area contributed by atoms with Crippen LogP contribution in [0.25, 0.3) is 10.8 Å². The zero-order valence-electron chi connectivity index (χ0n) is 10.0. The summed E-state index contributed by atoms with van der Waals surface area (Å²) in [6.45, 7) is 0. The fourth-order valence-corrected chi connectivity index (χ4v) is 1.86. The fourth-order valence-electron chi connectivity index (χ4n) is 1.86. The molecule has 2 aromatic carbocycles. The number of non-ortho nitro benzene ring substituents is 1. The molecule has 0 aromatic heterocycles. The molecule has 0 fully saturated rings. The maximum atomic E-state index is 11.1. The van der Waals surface area contributed by atoms with Crippen LogP contribution in [0, 0.1) is 20.2 Å². The molecule has 0 saturated heterocycles. The van der Waals surface area contributed by atoms with Gasteiger partial charge in [0.25, 0.3) is 5.69 Å². The van der Waals surface area contributed by atoms with E-state index in [4.69, 9.17) is 11.5 Å². The van der Waals surface area contributed by atoms with Gasteiger partial charge in [-0.25, -0.2) is 4.99 Å². The van der Waals surface area contributed by atoms with Gasteiger partial charge in [-0.3, -0.25) is 20.2 Å². The minimum absolute atomic E-state index is 0.101. The van der Waals surface area contributed by atoms with Gasteiger partial charge in [-0.05, 0) is 6.07 Å². The molecule has 0 radical (unpaired) electrons. The predicted octanol–water partition coefficient (Wildman–Crippen LogP) is 1.56. The minimum atomic E-state index is -0.763. The molecule has 9 heteroatoms. The monoisotopic (exact) mass is 275 g/mol. The Bertz CT molecular complexity index is 752. The number of benzene rings is 2. The number of aliphatic imine (C=N–C) groups is 1. The van der Waals surface area contributed by atoms with Gasteiger partial charge in [-0.2, -0.15) is 0 Å². The smallest absolute Gasteiger partial charge is 0.302 e. The molecule has 102 valence electrons. The molecule has 9 nitrogen and oxygen atoms in total. The highest BCUT2D eigenvalue weighted by atomic mass is 16.6. The summed E-state index contributed by atoms with van der Waals surface area (Å²) >= 11 is 0. The molecule has 0 atom stereocenters. The lowest BCUT2D eigenvalue weighted by atomic mass is 10.1. The second-order valence-electron chi connectivity index (χ2n) is 3.86. The third kappa shape index (κ3) is 2.19. The highest BCUT2D eigenvalue weighted by molar-refractivity contribution is 6.04. The number of fused-ring (bicyclic) bond motifs is 1. The normalized spacial score (nSPS) is 10.2. The van der Waals surface area contributed by atoms with E-state index in [-0.39, 0.29) is 28.1 Å². The molecular formula is C11H9N5O4. The van der Waals surface area contributed by atoms with Gasteiger partial charge in [0.2, 0.25) is 0 Å². The quantitative estimate of drug-likeness (QED) is 0.375. The number of nitro groups is 2. The first-order valence-electron chi connectivity index (χ1n) is 5.36. The first-order valence-corrected chi connectivity index (χ1v) is 5.36. The van der Waals surface area contributed by atoms with Crippen molar-refractivity contribution in [3.63, 3.8) is 0 Å². The van der Waals surface area contributed by atoms with Crippen molar-refractivity contribution >= 4 is 33.8 Å². The highest BCUT2D eigenvalue weighted by Crippen LogP contribution is 2.40. The van der Waals surface area contributed by atoms with Gasteiger partial charge in [0, 0.05) is 5.39 Å². The Morgan fingerprint density at radius 2 is 1.55 bits per heavy atom. The summed E-state index contributed by atoms with van der Waals surface area (Å²) in [5, 5.41) is 22.5. The van der Waals surface area contributed by atoms with Crippen LogP contribution in [0.2, 0.25) is 0 Å². The summed E-state index contributed by atoms with van der Waals surface area (Å²) in [6.07, 6.45) is 0. The van der Waals surface area contributed by atoms with Crippen LogP contribution < -0.4 is 11.5 Å². The molecule has 0 aliphatic heterocycles. The Morgan fingerprint density at radius 1 is 1.00 bits per heavy atom. The summed E-state index contributed by atoms with van der Waals surface area (Å²) in [5.41, 5.74) is 9.51. The van der Waals surface area contributed by atoms with Crippen LogP contribution >= 0.6 is 0 Å². The van der Waals surface area contributed by atoms with Crippen LogP contribution in [0.1, 0.15) is 0 Å². The van der Waals surface area contributed by atoms with Gasteiger partial charge >= 0.3 is 5.69 Å². The number of nitro benzene ring substituents is 2. The third-order valence-corrected chi connectivity index (χ3v) is 2.61. The number of guanidine groups is 1. The van der Waals surface area contributed by atoms with Crippen molar-refractivity contribution in [2.45, 2.75) is 0 Å². The van der Waals surface area contributed by atoms with E-state index in [1.807, 2.05) is 0 Å². The van der Waals surface area contributed by atoms with Crippen molar-refractivity contribution in [2.75, 3.05) is 0 Å². The lowest BCUT2D eigenvalue weighted by Gasteiger charge is -2.05. The maximum Gasteiger partial charge on any atom is 0.302 e. The molecule has 4 N–H and O–H groups in total. The van der Waals surface area contributed by atoms with Crippen LogP contribution in [0.15, 0.2) is 35.3 Å². The Balaban J connectivity index is 2.99.